The third-order valence-corrected chi connectivity index (χ3v) is 1.89. The molecule has 0 fully saturated rings. The van der Waals surface area contributed by atoms with E-state index in [-0.39, 0.29) is 0 Å². The zero-order valence-corrected chi connectivity index (χ0v) is 8.01. The highest BCUT2D eigenvalue weighted by atomic mass is 14.4. The largest absolute Gasteiger partial charge is 0.301 e. The molecule has 0 atom stereocenters. The van der Waals surface area contributed by atoms with E-state index >= 15 is 0 Å². The van der Waals surface area contributed by atoms with E-state index in [9.17, 15) is 0 Å². The first-order valence-electron chi connectivity index (χ1n) is 4.48. The minimum absolute atomic E-state index is 0.604. The summed E-state index contributed by atoms with van der Waals surface area (Å²) in [5.41, 5.74) is 2.70. The molecule has 0 aromatic carbocycles. The van der Waals surface area contributed by atoms with E-state index in [0.29, 0.717) is 5.71 Å². The van der Waals surface area contributed by atoms with Crippen LogP contribution in [0, 0.1) is 5.41 Å². The van der Waals surface area contributed by atoms with Crippen LogP contribution in [-0.2, 0) is 0 Å². The summed E-state index contributed by atoms with van der Waals surface area (Å²) in [6, 6.07) is 0. The lowest BCUT2D eigenvalue weighted by Crippen LogP contribution is -1.99. The number of hydrogen-bond donors (Lipinski definition) is 1. The highest BCUT2D eigenvalue weighted by Gasteiger charge is 2.02. The Kier molecular flexibility index (Phi) is 3.44. The van der Waals surface area contributed by atoms with Gasteiger partial charge in [0, 0.05) is 0 Å². The van der Waals surface area contributed by atoms with Crippen molar-refractivity contribution in [1.82, 2.24) is 0 Å². The Labute approximate surface area is 79.7 Å². The van der Waals surface area contributed by atoms with Gasteiger partial charge in [-0.3, -0.25) is 0 Å². The van der Waals surface area contributed by atoms with Crippen LogP contribution in [0.5, 0.6) is 0 Å². The molecule has 1 heteroatoms. The second-order valence-corrected chi connectivity index (χ2v) is 3.25. The van der Waals surface area contributed by atoms with Gasteiger partial charge in [-0.2, -0.15) is 0 Å². The third-order valence-electron chi connectivity index (χ3n) is 1.89. The third kappa shape index (κ3) is 3.24. The first-order chi connectivity index (χ1) is 6.20. The molecule has 1 aliphatic carbocycles. The molecule has 0 saturated heterocycles. The first kappa shape index (κ1) is 9.72. The van der Waals surface area contributed by atoms with Crippen molar-refractivity contribution >= 4 is 5.71 Å². The van der Waals surface area contributed by atoms with Gasteiger partial charge < -0.3 is 5.41 Å². The number of rotatable bonds is 3. The SMILES string of the molecule is C=C(C)/C=C\C(=N)C1=CC=CCC1. The van der Waals surface area contributed by atoms with Gasteiger partial charge in [-0.1, -0.05) is 36.5 Å². The summed E-state index contributed by atoms with van der Waals surface area (Å²) in [4.78, 5) is 0. The molecule has 1 nitrogen and oxygen atoms in total. The van der Waals surface area contributed by atoms with Crippen molar-refractivity contribution in [2.75, 3.05) is 0 Å². The zero-order valence-electron chi connectivity index (χ0n) is 8.01. The predicted molar refractivity (Wildman–Crippen MR) is 58.1 cm³/mol. The average Bonchev–Trinajstić information content (AvgIpc) is 2.15. The predicted octanol–water partition coefficient (Wildman–Crippen LogP) is 3.41. The lowest BCUT2D eigenvalue weighted by atomic mass is 10.00. The molecule has 1 N–H and O–H groups in total. The molecule has 1 aliphatic rings. The topological polar surface area (TPSA) is 23.9 Å². The van der Waals surface area contributed by atoms with Gasteiger partial charge in [0.05, 0.1) is 5.71 Å². The Morgan fingerprint density at radius 3 is 2.85 bits per heavy atom. The number of allylic oxidation sites excluding steroid dienone is 7. The summed E-state index contributed by atoms with van der Waals surface area (Å²) < 4.78 is 0. The van der Waals surface area contributed by atoms with Gasteiger partial charge in [0.15, 0.2) is 0 Å². The van der Waals surface area contributed by atoms with Gasteiger partial charge in [-0.25, -0.2) is 0 Å². The molecule has 0 saturated carbocycles. The molecular weight excluding hydrogens is 158 g/mol. The zero-order chi connectivity index (χ0) is 9.68. The summed E-state index contributed by atoms with van der Waals surface area (Å²) in [6.45, 7) is 5.68. The highest BCUT2D eigenvalue weighted by Crippen LogP contribution is 2.13. The van der Waals surface area contributed by atoms with Crippen molar-refractivity contribution in [1.29, 1.82) is 5.41 Å². The molecule has 0 heterocycles. The Bertz CT molecular complexity index is 303. The molecule has 0 unspecified atom stereocenters. The van der Waals surface area contributed by atoms with Gasteiger partial charge in [0.2, 0.25) is 0 Å². The summed E-state index contributed by atoms with van der Waals surface area (Å²) in [7, 11) is 0. The van der Waals surface area contributed by atoms with E-state index in [0.717, 1.165) is 24.0 Å². The lowest BCUT2D eigenvalue weighted by molar-refractivity contribution is 1.00. The fourth-order valence-electron chi connectivity index (χ4n) is 1.16. The Balaban J connectivity index is 2.62. The maximum Gasteiger partial charge on any atom is 0.0572 e. The van der Waals surface area contributed by atoms with Crippen molar-refractivity contribution in [3.8, 4) is 0 Å². The maximum absolute atomic E-state index is 7.75. The molecule has 68 valence electrons. The molecule has 0 amide bonds. The second-order valence-electron chi connectivity index (χ2n) is 3.25. The van der Waals surface area contributed by atoms with Crippen LogP contribution < -0.4 is 0 Å². The molecule has 0 aromatic rings. The van der Waals surface area contributed by atoms with Crippen molar-refractivity contribution in [2.45, 2.75) is 19.8 Å². The van der Waals surface area contributed by atoms with Crippen LogP contribution in [0.1, 0.15) is 19.8 Å². The van der Waals surface area contributed by atoms with E-state index < -0.39 is 0 Å². The van der Waals surface area contributed by atoms with Gasteiger partial charge in [0.1, 0.15) is 0 Å². The quantitative estimate of drug-likeness (QED) is 0.499. The molecule has 0 aliphatic heterocycles. The van der Waals surface area contributed by atoms with Crippen LogP contribution >= 0.6 is 0 Å². The fraction of sp³-hybridized carbons (Fsp3) is 0.250. The van der Waals surface area contributed by atoms with Crippen LogP contribution in [0.2, 0.25) is 0 Å². The van der Waals surface area contributed by atoms with Crippen LogP contribution in [0.3, 0.4) is 0 Å². The Morgan fingerprint density at radius 2 is 2.31 bits per heavy atom. The fourth-order valence-corrected chi connectivity index (χ4v) is 1.16. The number of hydrogen-bond acceptors (Lipinski definition) is 1. The Hall–Kier alpha value is -1.37. The monoisotopic (exact) mass is 173 g/mol. The summed E-state index contributed by atoms with van der Waals surface area (Å²) in [5, 5.41) is 7.75. The lowest BCUT2D eigenvalue weighted by Gasteiger charge is -2.06. The molecular formula is C12H15N. The van der Waals surface area contributed by atoms with E-state index in [4.69, 9.17) is 5.41 Å². The van der Waals surface area contributed by atoms with Crippen LogP contribution in [0.4, 0.5) is 0 Å². The van der Waals surface area contributed by atoms with Gasteiger partial charge in [-0.05, 0) is 31.4 Å². The van der Waals surface area contributed by atoms with Crippen LogP contribution in [0.15, 0.2) is 48.1 Å². The van der Waals surface area contributed by atoms with Crippen molar-refractivity contribution in [3.63, 3.8) is 0 Å². The van der Waals surface area contributed by atoms with Crippen molar-refractivity contribution < 1.29 is 0 Å². The Morgan fingerprint density at radius 1 is 1.54 bits per heavy atom. The summed E-state index contributed by atoms with van der Waals surface area (Å²) in [5.74, 6) is 0. The average molecular weight is 173 g/mol. The van der Waals surface area contributed by atoms with Gasteiger partial charge >= 0.3 is 0 Å². The van der Waals surface area contributed by atoms with Gasteiger partial charge in [0.25, 0.3) is 0 Å². The van der Waals surface area contributed by atoms with E-state index in [2.05, 4.69) is 12.7 Å². The summed E-state index contributed by atoms with van der Waals surface area (Å²) in [6.07, 6.45) is 11.9. The normalized spacial score (nSPS) is 15.9. The first-order valence-corrected chi connectivity index (χ1v) is 4.48. The molecule has 0 radical (unpaired) electrons. The smallest absolute Gasteiger partial charge is 0.0572 e. The highest BCUT2D eigenvalue weighted by molar-refractivity contribution is 6.06. The second kappa shape index (κ2) is 4.61. The molecule has 1 rings (SSSR count). The van der Waals surface area contributed by atoms with E-state index in [1.165, 1.54) is 0 Å². The van der Waals surface area contributed by atoms with E-state index in [1.54, 1.807) is 0 Å². The van der Waals surface area contributed by atoms with Crippen molar-refractivity contribution in [2.24, 2.45) is 0 Å². The van der Waals surface area contributed by atoms with Crippen molar-refractivity contribution in [3.05, 3.63) is 48.1 Å². The minimum Gasteiger partial charge on any atom is -0.301 e. The summed E-state index contributed by atoms with van der Waals surface area (Å²) >= 11 is 0. The molecule has 0 bridgehead atoms. The number of nitrogens with one attached hydrogen (secondary N) is 1. The molecule has 0 aromatic heterocycles. The maximum atomic E-state index is 7.75. The minimum atomic E-state index is 0.604. The molecule has 0 spiro atoms. The molecule has 13 heavy (non-hydrogen) atoms. The van der Waals surface area contributed by atoms with Crippen LogP contribution in [0.25, 0.3) is 0 Å². The standard InChI is InChI=1S/C12H15N/c1-10(2)8-9-12(13)11-6-4-3-5-7-11/h3-4,6,8-9,13H,1,5,7H2,2H3/b9-8-,13-12?. The van der Waals surface area contributed by atoms with E-state index in [1.807, 2.05) is 31.2 Å². The van der Waals surface area contributed by atoms with Crippen LogP contribution in [-0.4, -0.2) is 5.71 Å². The van der Waals surface area contributed by atoms with Gasteiger partial charge in [-0.15, -0.1) is 0 Å².